The minimum atomic E-state index is -0.726. The quantitative estimate of drug-likeness (QED) is 0.626. The second-order valence-electron chi connectivity index (χ2n) is 9.80. The molecule has 4 atom stereocenters. The largest absolute Gasteiger partial charge is 0.374 e. The number of hydrogen-bond acceptors (Lipinski definition) is 5. The van der Waals surface area contributed by atoms with Crippen molar-refractivity contribution in [3.05, 3.63) is 66.0 Å². The van der Waals surface area contributed by atoms with Crippen LogP contribution >= 0.6 is 0 Å². The zero-order chi connectivity index (χ0) is 25.0. The Kier molecular flexibility index (Phi) is 7.50. The fraction of sp³-hybridized carbons (Fsp3) is 0.481. The third-order valence-electron chi connectivity index (χ3n) is 7.58. The lowest BCUT2D eigenvalue weighted by atomic mass is 9.68. The van der Waals surface area contributed by atoms with E-state index in [1.165, 1.54) is 0 Å². The van der Waals surface area contributed by atoms with Gasteiger partial charge in [-0.2, -0.15) is 0 Å². The monoisotopic (exact) mass is 478 g/mol. The summed E-state index contributed by atoms with van der Waals surface area (Å²) in [5, 5.41) is 0. The molecule has 1 aromatic carbocycles. The summed E-state index contributed by atoms with van der Waals surface area (Å²) in [5.41, 5.74) is 6.79. The summed E-state index contributed by atoms with van der Waals surface area (Å²) in [4.78, 5) is 47.1. The number of nitrogens with zero attached hydrogens (tertiary/aromatic N) is 3. The molecule has 35 heavy (non-hydrogen) atoms. The summed E-state index contributed by atoms with van der Waals surface area (Å²) in [6.45, 7) is 3.45. The number of piperidine rings is 1. The van der Waals surface area contributed by atoms with E-state index in [0.717, 1.165) is 24.1 Å². The van der Waals surface area contributed by atoms with E-state index in [2.05, 4.69) is 17.1 Å². The number of hydrogen-bond donors (Lipinski definition) is 1. The van der Waals surface area contributed by atoms with E-state index in [1.807, 2.05) is 43.4 Å². The fourth-order valence-corrected chi connectivity index (χ4v) is 5.54. The molecule has 2 aromatic rings. The van der Waals surface area contributed by atoms with Gasteiger partial charge in [0.1, 0.15) is 0 Å². The predicted octanol–water partition coefficient (Wildman–Crippen LogP) is 2.20. The third-order valence-corrected chi connectivity index (χ3v) is 7.58. The number of likely N-dealkylation sites (tertiary alicyclic amines) is 2. The highest BCUT2D eigenvalue weighted by Gasteiger charge is 2.56. The molecule has 3 unspecified atom stereocenters. The summed E-state index contributed by atoms with van der Waals surface area (Å²) in [5.74, 6) is -2.08. The molecule has 2 saturated heterocycles. The second-order valence-corrected chi connectivity index (χ2v) is 9.80. The maximum absolute atomic E-state index is 13.8. The van der Waals surface area contributed by atoms with Crippen LogP contribution in [-0.4, -0.2) is 65.8 Å². The Bertz CT molecular complexity index is 1050. The van der Waals surface area contributed by atoms with Crippen LogP contribution in [0.5, 0.6) is 0 Å². The molecule has 3 heterocycles. The van der Waals surface area contributed by atoms with Crippen LogP contribution in [0.2, 0.25) is 0 Å². The molecule has 4 rings (SSSR count). The number of carbonyl (C=O) groups excluding carboxylic acids is 3. The standard InChI is InChI=1S/C27H34N4O4/c1-19(24(28)32)22(17-35-16-21-11-6-7-13-29-21)25(33)31-14-8-12-27(18-31)23(15-30(2)26(27)34)20-9-4-3-5-10-20/h3-7,9-11,13,19,22-23H,8,12,14-18H2,1-2H3,(H2,28,32)/t19?,22-,23?,27?/m0/s1. The second kappa shape index (κ2) is 10.6. The molecule has 2 aliphatic heterocycles. The van der Waals surface area contributed by atoms with Crippen molar-refractivity contribution in [3.63, 3.8) is 0 Å². The maximum atomic E-state index is 13.8. The molecule has 1 spiro atoms. The van der Waals surface area contributed by atoms with Gasteiger partial charge in [0, 0.05) is 44.7 Å². The number of ether oxygens (including phenoxy) is 1. The van der Waals surface area contributed by atoms with Crippen LogP contribution in [0.25, 0.3) is 0 Å². The highest BCUT2D eigenvalue weighted by atomic mass is 16.5. The molecule has 0 bridgehead atoms. The van der Waals surface area contributed by atoms with E-state index in [1.54, 1.807) is 22.9 Å². The van der Waals surface area contributed by atoms with E-state index in [-0.39, 0.29) is 30.9 Å². The summed E-state index contributed by atoms with van der Waals surface area (Å²) in [7, 11) is 1.83. The van der Waals surface area contributed by atoms with Crippen LogP contribution in [0.1, 0.15) is 36.9 Å². The van der Waals surface area contributed by atoms with Crippen molar-refractivity contribution in [2.75, 3.05) is 33.3 Å². The Morgan fingerprint density at radius 2 is 1.94 bits per heavy atom. The molecule has 186 valence electrons. The van der Waals surface area contributed by atoms with Gasteiger partial charge in [-0.25, -0.2) is 0 Å². The smallest absolute Gasteiger partial charge is 0.231 e. The first-order valence-corrected chi connectivity index (χ1v) is 12.2. The summed E-state index contributed by atoms with van der Waals surface area (Å²) >= 11 is 0. The average molecular weight is 479 g/mol. The zero-order valence-electron chi connectivity index (χ0n) is 20.4. The minimum absolute atomic E-state index is 0.00391. The number of rotatable bonds is 8. The Morgan fingerprint density at radius 1 is 1.20 bits per heavy atom. The van der Waals surface area contributed by atoms with Crippen molar-refractivity contribution in [1.29, 1.82) is 0 Å². The number of carbonyl (C=O) groups is 3. The molecule has 8 heteroatoms. The van der Waals surface area contributed by atoms with Gasteiger partial charge < -0.3 is 20.3 Å². The Morgan fingerprint density at radius 3 is 2.63 bits per heavy atom. The lowest BCUT2D eigenvalue weighted by Crippen LogP contribution is -2.54. The van der Waals surface area contributed by atoms with Gasteiger partial charge in [0.2, 0.25) is 17.7 Å². The third kappa shape index (κ3) is 5.07. The molecule has 2 fully saturated rings. The Hall–Kier alpha value is -3.26. The van der Waals surface area contributed by atoms with Crippen molar-refractivity contribution >= 4 is 17.7 Å². The maximum Gasteiger partial charge on any atom is 0.231 e. The molecule has 0 radical (unpaired) electrons. The number of benzene rings is 1. The van der Waals surface area contributed by atoms with Gasteiger partial charge in [-0.05, 0) is 30.5 Å². The van der Waals surface area contributed by atoms with Gasteiger partial charge in [-0.15, -0.1) is 0 Å². The first-order valence-electron chi connectivity index (χ1n) is 12.2. The first-order chi connectivity index (χ1) is 16.8. The molecular weight excluding hydrogens is 444 g/mol. The molecule has 1 aromatic heterocycles. The topological polar surface area (TPSA) is 106 Å². The Balaban J connectivity index is 1.54. The van der Waals surface area contributed by atoms with E-state index in [9.17, 15) is 14.4 Å². The van der Waals surface area contributed by atoms with Gasteiger partial charge >= 0.3 is 0 Å². The normalized spacial score (nSPS) is 23.9. The van der Waals surface area contributed by atoms with Crippen molar-refractivity contribution in [2.45, 2.75) is 32.3 Å². The highest BCUT2D eigenvalue weighted by molar-refractivity contribution is 5.90. The van der Waals surface area contributed by atoms with Gasteiger partial charge in [0.15, 0.2) is 0 Å². The van der Waals surface area contributed by atoms with Crippen molar-refractivity contribution in [3.8, 4) is 0 Å². The molecule has 3 amide bonds. The molecule has 8 nitrogen and oxygen atoms in total. The van der Waals surface area contributed by atoms with Gasteiger partial charge in [-0.1, -0.05) is 43.3 Å². The van der Waals surface area contributed by atoms with E-state index >= 15 is 0 Å². The molecule has 0 aliphatic carbocycles. The fourth-order valence-electron chi connectivity index (χ4n) is 5.54. The van der Waals surface area contributed by atoms with Crippen LogP contribution in [0, 0.1) is 17.3 Å². The highest BCUT2D eigenvalue weighted by Crippen LogP contribution is 2.49. The molecule has 2 N–H and O–H groups in total. The number of aromatic nitrogens is 1. The molecule has 0 saturated carbocycles. The van der Waals surface area contributed by atoms with E-state index < -0.39 is 23.2 Å². The van der Waals surface area contributed by atoms with Crippen molar-refractivity contribution in [1.82, 2.24) is 14.8 Å². The van der Waals surface area contributed by atoms with Gasteiger partial charge in [0.25, 0.3) is 0 Å². The van der Waals surface area contributed by atoms with Crippen LogP contribution < -0.4 is 5.73 Å². The van der Waals surface area contributed by atoms with Crippen molar-refractivity contribution < 1.29 is 19.1 Å². The van der Waals surface area contributed by atoms with Crippen LogP contribution in [0.3, 0.4) is 0 Å². The summed E-state index contributed by atoms with van der Waals surface area (Å²) in [6.07, 6.45) is 3.13. The van der Waals surface area contributed by atoms with Crippen molar-refractivity contribution in [2.24, 2.45) is 23.0 Å². The average Bonchev–Trinajstić information content (AvgIpc) is 3.11. The zero-order valence-corrected chi connectivity index (χ0v) is 20.4. The number of primary amides is 1. The van der Waals surface area contributed by atoms with E-state index in [0.29, 0.717) is 19.6 Å². The predicted molar refractivity (Wildman–Crippen MR) is 131 cm³/mol. The summed E-state index contributed by atoms with van der Waals surface area (Å²) in [6, 6.07) is 15.6. The lowest BCUT2D eigenvalue weighted by Gasteiger charge is -2.43. The van der Waals surface area contributed by atoms with Gasteiger partial charge in [-0.3, -0.25) is 19.4 Å². The first kappa shape index (κ1) is 24.9. The Labute approximate surface area is 206 Å². The van der Waals surface area contributed by atoms with Crippen LogP contribution in [0.4, 0.5) is 0 Å². The van der Waals surface area contributed by atoms with E-state index in [4.69, 9.17) is 10.5 Å². The van der Waals surface area contributed by atoms with Crippen LogP contribution in [0.15, 0.2) is 54.7 Å². The van der Waals surface area contributed by atoms with Crippen LogP contribution in [-0.2, 0) is 25.7 Å². The number of pyridine rings is 1. The minimum Gasteiger partial charge on any atom is -0.374 e. The molecular formula is C27H34N4O4. The SMILES string of the molecule is CC(C(N)=O)[C@H](COCc1ccccn1)C(=O)N1CCCC2(C1)C(=O)N(C)CC2c1ccccc1. The molecule has 2 aliphatic rings. The number of likely N-dealkylation sites (N-methyl/N-ethyl adjacent to an activating group) is 1. The number of amides is 3. The number of nitrogens with two attached hydrogens (primary N) is 1. The lowest BCUT2D eigenvalue weighted by molar-refractivity contribution is -0.150. The summed E-state index contributed by atoms with van der Waals surface area (Å²) < 4.78 is 5.82. The van der Waals surface area contributed by atoms with Gasteiger partial charge in [0.05, 0.1) is 30.2 Å².